The predicted octanol–water partition coefficient (Wildman–Crippen LogP) is 6.91. The first-order valence-corrected chi connectivity index (χ1v) is 13.1. The number of aromatic nitrogens is 4. The van der Waals surface area contributed by atoms with Crippen LogP contribution in [-0.4, -0.2) is 20.2 Å². The van der Waals surface area contributed by atoms with Crippen molar-refractivity contribution in [3.05, 3.63) is 68.9 Å². The molecular formula is C24H22N4O2S3. The van der Waals surface area contributed by atoms with Crippen LogP contribution in [0, 0.1) is 0 Å². The van der Waals surface area contributed by atoms with Crippen LogP contribution in [0.2, 0.25) is 0 Å². The Labute approximate surface area is 203 Å². The highest BCUT2D eigenvalue weighted by Gasteiger charge is 2.20. The van der Waals surface area contributed by atoms with E-state index >= 15 is 0 Å². The van der Waals surface area contributed by atoms with E-state index in [2.05, 4.69) is 48.1 Å². The van der Waals surface area contributed by atoms with Crippen LogP contribution in [0.3, 0.4) is 0 Å². The third-order valence-corrected chi connectivity index (χ3v) is 8.03. The van der Waals surface area contributed by atoms with E-state index in [9.17, 15) is 4.79 Å². The van der Waals surface area contributed by atoms with E-state index < -0.39 is 0 Å². The molecule has 0 aliphatic carbocycles. The van der Waals surface area contributed by atoms with E-state index in [0.29, 0.717) is 22.3 Å². The lowest BCUT2D eigenvalue weighted by Crippen LogP contribution is -2.12. The highest BCUT2D eigenvalue weighted by molar-refractivity contribution is 7.99. The summed E-state index contributed by atoms with van der Waals surface area (Å²) in [6.07, 6.45) is 0. The van der Waals surface area contributed by atoms with Gasteiger partial charge in [-0.3, -0.25) is 4.79 Å². The van der Waals surface area contributed by atoms with Crippen molar-refractivity contribution in [2.24, 2.45) is 0 Å². The summed E-state index contributed by atoms with van der Waals surface area (Å²) < 4.78 is 5.88. The van der Waals surface area contributed by atoms with E-state index in [0.717, 1.165) is 20.8 Å². The average Bonchev–Trinajstić information content (AvgIpc) is 3.53. The molecule has 5 aromatic rings. The number of rotatable bonds is 5. The number of nitrogens with zero attached hydrogens (tertiary/aromatic N) is 3. The molecule has 168 valence electrons. The summed E-state index contributed by atoms with van der Waals surface area (Å²) in [7, 11) is 0. The summed E-state index contributed by atoms with van der Waals surface area (Å²) in [5, 5.41) is 13.3. The molecule has 1 N–H and O–H groups in total. The normalized spacial score (nSPS) is 13.0. The lowest BCUT2D eigenvalue weighted by Gasteiger charge is -2.18. The molecule has 0 aliphatic heterocycles. The fourth-order valence-electron chi connectivity index (χ4n) is 3.47. The quantitative estimate of drug-likeness (QED) is 0.267. The first-order chi connectivity index (χ1) is 15.8. The Balaban J connectivity index is 1.37. The fraction of sp³-hybridized carbons (Fsp3) is 0.250. The number of H-pyrrole nitrogens is 1. The summed E-state index contributed by atoms with van der Waals surface area (Å²) in [4.78, 5) is 22.3. The van der Waals surface area contributed by atoms with E-state index in [1.165, 1.54) is 28.7 Å². The van der Waals surface area contributed by atoms with Crippen molar-refractivity contribution < 1.29 is 4.42 Å². The van der Waals surface area contributed by atoms with Crippen molar-refractivity contribution in [3.63, 3.8) is 0 Å². The minimum atomic E-state index is -0.161. The first kappa shape index (κ1) is 22.1. The van der Waals surface area contributed by atoms with Crippen molar-refractivity contribution >= 4 is 44.7 Å². The van der Waals surface area contributed by atoms with Gasteiger partial charge < -0.3 is 9.40 Å². The predicted molar refractivity (Wildman–Crippen MR) is 136 cm³/mol. The van der Waals surface area contributed by atoms with Crippen molar-refractivity contribution in [2.45, 2.75) is 43.6 Å². The lowest BCUT2D eigenvalue weighted by molar-refractivity contribution is 0.464. The Morgan fingerprint density at radius 2 is 1.88 bits per heavy atom. The van der Waals surface area contributed by atoms with Gasteiger partial charge in [0.1, 0.15) is 10.7 Å². The molecular weight excluding hydrogens is 472 g/mol. The maximum absolute atomic E-state index is 12.9. The molecule has 0 fully saturated rings. The highest BCUT2D eigenvalue weighted by Crippen LogP contribution is 2.37. The summed E-state index contributed by atoms with van der Waals surface area (Å²) in [5.74, 6) is 1.06. The van der Waals surface area contributed by atoms with Gasteiger partial charge in [0.25, 0.3) is 10.8 Å². The molecule has 1 atom stereocenters. The molecule has 0 amide bonds. The van der Waals surface area contributed by atoms with Gasteiger partial charge in [-0.25, -0.2) is 4.98 Å². The van der Waals surface area contributed by atoms with E-state index in [4.69, 9.17) is 9.40 Å². The average molecular weight is 495 g/mol. The van der Waals surface area contributed by atoms with Gasteiger partial charge in [0.15, 0.2) is 0 Å². The fourth-order valence-corrected chi connectivity index (χ4v) is 5.98. The van der Waals surface area contributed by atoms with E-state index in [1.54, 1.807) is 11.3 Å². The number of benzene rings is 1. The molecule has 5 rings (SSSR count). The Bertz CT molecular complexity index is 1460. The number of hydrogen-bond acceptors (Lipinski definition) is 8. The van der Waals surface area contributed by atoms with Gasteiger partial charge in [-0.15, -0.1) is 32.9 Å². The van der Waals surface area contributed by atoms with E-state index in [-0.39, 0.29) is 16.2 Å². The topological polar surface area (TPSA) is 84.7 Å². The SMILES string of the molecule is CC(Sc1nnc(-c2ccc(C(C)(C)C)cc2)o1)c1nc2scc(-c3cccs3)c2c(=O)[nH]1. The molecule has 0 aliphatic rings. The Hall–Kier alpha value is -2.75. The molecule has 0 saturated heterocycles. The van der Waals surface area contributed by atoms with Crippen molar-refractivity contribution in [1.82, 2.24) is 20.2 Å². The number of thioether (sulfide) groups is 1. The zero-order valence-electron chi connectivity index (χ0n) is 18.6. The van der Waals surface area contributed by atoms with Crippen LogP contribution in [0.15, 0.2) is 61.6 Å². The highest BCUT2D eigenvalue weighted by atomic mass is 32.2. The Morgan fingerprint density at radius 3 is 2.58 bits per heavy atom. The van der Waals surface area contributed by atoms with Gasteiger partial charge >= 0.3 is 0 Å². The smallest absolute Gasteiger partial charge is 0.277 e. The second kappa shape index (κ2) is 8.55. The third kappa shape index (κ3) is 4.40. The second-order valence-corrected chi connectivity index (χ2v) is 11.8. The third-order valence-electron chi connectivity index (χ3n) is 5.32. The molecule has 1 unspecified atom stereocenters. The van der Waals surface area contributed by atoms with Crippen LogP contribution in [-0.2, 0) is 5.41 Å². The summed E-state index contributed by atoms with van der Waals surface area (Å²) >= 11 is 4.47. The zero-order valence-corrected chi connectivity index (χ0v) is 21.0. The van der Waals surface area contributed by atoms with Gasteiger partial charge in [-0.1, -0.05) is 50.7 Å². The van der Waals surface area contributed by atoms with Gasteiger partial charge in [0, 0.05) is 21.4 Å². The first-order valence-electron chi connectivity index (χ1n) is 10.5. The summed E-state index contributed by atoms with van der Waals surface area (Å²) in [6, 6.07) is 12.2. The van der Waals surface area contributed by atoms with Crippen LogP contribution < -0.4 is 5.56 Å². The molecule has 0 spiro atoms. The Kier molecular flexibility index (Phi) is 5.72. The van der Waals surface area contributed by atoms with Crippen LogP contribution in [0.5, 0.6) is 0 Å². The minimum absolute atomic E-state index is 0.0853. The minimum Gasteiger partial charge on any atom is -0.411 e. The van der Waals surface area contributed by atoms with Gasteiger partial charge in [-0.05, 0) is 41.5 Å². The number of aromatic amines is 1. The molecule has 0 saturated carbocycles. The largest absolute Gasteiger partial charge is 0.411 e. The van der Waals surface area contributed by atoms with Crippen LogP contribution in [0.25, 0.3) is 32.1 Å². The van der Waals surface area contributed by atoms with Crippen molar-refractivity contribution in [1.29, 1.82) is 0 Å². The molecule has 0 bridgehead atoms. The summed E-state index contributed by atoms with van der Waals surface area (Å²) in [5.41, 5.74) is 3.02. The van der Waals surface area contributed by atoms with Crippen molar-refractivity contribution in [3.8, 4) is 21.9 Å². The molecule has 1 aromatic carbocycles. The van der Waals surface area contributed by atoms with Gasteiger partial charge in [-0.2, -0.15) is 0 Å². The molecule has 9 heteroatoms. The Morgan fingerprint density at radius 1 is 1.09 bits per heavy atom. The van der Waals surface area contributed by atoms with Crippen LogP contribution in [0.4, 0.5) is 0 Å². The zero-order chi connectivity index (χ0) is 23.2. The lowest BCUT2D eigenvalue weighted by atomic mass is 9.87. The number of hydrogen-bond donors (Lipinski definition) is 1. The van der Waals surface area contributed by atoms with Gasteiger partial charge in [0.05, 0.1) is 10.6 Å². The standard InChI is InChI=1S/C24H22N4O2S3/c1-13(19-25-20(29)18-16(12-32-22(18)26-19)17-6-5-11-31-17)33-23-28-27-21(30-23)14-7-9-15(10-8-14)24(2,3)4/h5-13H,1-4H3,(H,25,26,29). The van der Waals surface area contributed by atoms with E-state index in [1.807, 2.05) is 41.9 Å². The second-order valence-electron chi connectivity index (χ2n) is 8.72. The monoisotopic (exact) mass is 494 g/mol. The maximum atomic E-state index is 12.9. The van der Waals surface area contributed by atoms with Gasteiger partial charge in [0.2, 0.25) is 5.89 Å². The number of nitrogens with one attached hydrogen (secondary N) is 1. The molecule has 4 aromatic heterocycles. The number of fused-ring (bicyclic) bond motifs is 1. The van der Waals surface area contributed by atoms with Crippen molar-refractivity contribution in [2.75, 3.05) is 0 Å². The van der Waals surface area contributed by atoms with Crippen LogP contribution >= 0.6 is 34.4 Å². The van der Waals surface area contributed by atoms with Crippen LogP contribution in [0.1, 0.15) is 44.3 Å². The molecule has 4 heterocycles. The molecule has 6 nitrogen and oxygen atoms in total. The summed E-state index contributed by atoms with van der Waals surface area (Å²) in [6.45, 7) is 8.50. The maximum Gasteiger partial charge on any atom is 0.277 e. The number of thiophene rings is 2. The molecule has 33 heavy (non-hydrogen) atoms. The molecule has 0 radical (unpaired) electrons.